The van der Waals surface area contributed by atoms with Crippen LogP contribution in [0.15, 0.2) is 29.3 Å². The Morgan fingerprint density at radius 1 is 1.27 bits per heavy atom. The van der Waals surface area contributed by atoms with E-state index in [0.29, 0.717) is 5.92 Å². The molecule has 0 amide bonds. The van der Waals surface area contributed by atoms with E-state index in [4.69, 9.17) is 14.5 Å². The van der Waals surface area contributed by atoms with Gasteiger partial charge in [-0.3, -0.25) is 9.89 Å². The van der Waals surface area contributed by atoms with Crippen LogP contribution in [0.3, 0.4) is 0 Å². The van der Waals surface area contributed by atoms with Crippen LogP contribution in [0.1, 0.15) is 30.9 Å². The Hall–Kier alpha value is -0.900. The van der Waals surface area contributed by atoms with E-state index in [2.05, 4.69) is 53.2 Å². The number of hydrogen-bond acceptors (Lipinski definition) is 4. The van der Waals surface area contributed by atoms with Gasteiger partial charge in [-0.1, -0.05) is 29.8 Å². The Bertz CT molecular complexity index is 629. The van der Waals surface area contributed by atoms with Crippen LogP contribution < -0.4 is 5.32 Å². The first-order chi connectivity index (χ1) is 14.2. The molecule has 2 fully saturated rings. The number of rotatable bonds is 9. The average molecular weight is 530 g/mol. The third-order valence-electron chi connectivity index (χ3n) is 5.58. The topological polar surface area (TPSA) is 49.3 Å². The summed E-state index contributed by atoms with van der Waals surface area (Å²) in [6.07, 6.45) is 2.11. The Morgan fingerprint density at radius 3 is 2.80 bits per heavy atom. The number of halogens is 1. The number of benzene rings is 1. The SMILES string of the molecule is CCNC(=NCCCOCC1CCOC1)N1CCN(Cc2cccc(C)c2)CC1.I. The molecule has 170 valence electrons. The predicted octanol–water partition coefficient (Wildman–Crippen LogP) is 3.14. The molecule has 2 heterocycles. The van der Waals surface area contributed by atoms with E-state index in [9.17, 15) is 0 Å². The maximum absolute atomic E-state index is 5.79. The summed E-state index contributed by atoms with van der Waals surface area (Å²) < 4.78 is 11.2. The molecule has 0 aliphatic carbocycles. The number of hydrogen-bond donors (Lipinski definition) is 1. The van der Waals surface area contributed by atoms with Gasteiger partial charge in [0.25, 0.3) is 0 Å². The molecular formula is C23H39IN4O2. The van der Waals surface area contributed by atoms with Crippen LogP contribution in [0.5, 0.6) is 0 Å². The standard InChI is InChI=1S/C23H38N4O2.HI/c1-3-24-23(25-9-5-14-28-18-22-8-15-29-19-22)27-12-10-26(11-13-27)17-21-7-4-6-20(2)16-21;/h4,6-7,16,22H,3,5,8-15,17-19H2,1-2H3,(H,24,25);1H. The number of aliphatic imine (C=N–C) groups is 1. The fourth-order valence-corrected chi connectivity index (χ4v) is 3.93. The molecule has 0 spiro atoms. The fourth-order valence-electron chi connectivity index (χ4n) is 3.93. The smallest absolute Gasteiger partial charge is 0.194 e. The molecule has 1 atom stereocenters. The van der Waals surface area contributed by atoms with E-state index < -0.39 is 0 Å². The lowest BCUT2D eigenvalue weighted by Gasteiger charge is -2.36. The summed E-state index contributed by atoms with van der Waals surface area (Å²) in [6, 6.07) is 8.84. The van der Waals surface area contributed by atoms with Crippen molar-refractivity contribution in [1.29, 1.82) is 0 Å². The van der Waals surface area contributed by atoms with Crippen LogP contribution in [0.25, 0.3) is 0 Å². The zero-order valence-electron chi connectivity index (χ0n) is 18.6. The molecule has 2 aliphatic rings. The van der Waals surface area contributed by atoms with Crippen molar-refractivity contribution in [3.63, 3.8) is 0 Å². The molecule has 1 unspecified atom stereocenters. The van der Waals surface area contributed by atoms with Crippen molar-refractivity contribution in [2.24, 2.45) is 10.9 Å². The molecule has 0 aromatic heterocycles. The quantitative estimate of drug-likeness (QED) is 0.230. The normalized spacial score (nSPS) is 20.3. The van der Waals surface area contributed by atoms with Gasteiger partial charge in [0.15, 0.2) is 5.96 Å². The molecule has 0 saturated carbocycles. The summed E-state index contributed by atoms with van der Waals surface area (Å²) in [7, 11) is 0. The van der Waals surface area contributed by atoms with Gasteiger partial charge in [0, 0.05) is 64.9 Å². The fraction of sp³-hybridized carbons (Fsp3) is 0.696. The summed E-state index contributed by atoms with van der Waals surface area (Å²) in [5.74, 6) is 1.64. The van der Waals surface area contributed by atoms with Crippen molar-refractivity contribution in [2.75, 3.05) is 65.7 Å². The molecule has 3 rings (SSSR count). The van der Waals surface area contributed by atoms with Crippen molar-refractivity contribution in [1.82, 2.24) is 15.1 Å². The van der Waals surface area contributed by atoms with Gasteiger partial charge in [-0.15, -0.1) is 24.0 Å². The molecule has 1 aromatic carbocycles. The third kappa shape index (κ3) is 8.69. The second-order valence-electron chi connectivity index (χ2n) is 8.15. The second-order valence-corrected chi connectivity index (χ2v) is 8.15. The van der Waals surface area contributed by atoms with Gasteiger partial charge in [-0.05, 0) is 32.3 Å². The van der Waals surface area contributed by atoms with Crippen molar-refractivity contribution in [3.8, 4) is 0 Å². The molecule has 30 heavy (non-hydrogen) atoms. The Labute approximate surface area is 199 Å². The minimum absolute atomic E-state index is 0. The number of aryl methyl sites for hydroxylation is 1. The minimum atomic E-state index is 0. The first kappa shape index (κ1) is 25.4. The van der Waals surface area contributed by atoms with Gasteiger partial charge in [0.05, 0.1) is 13.2 Å². The van der Waals surface area contributed by atoms with Crippen molar-refractivity contribution in [2.45, 2.75) is 33.2 Å². The second kappa shape index (κ2) is 14.2. The lowest BCUT2D eigenvalue weighted by atomic mass is 10.1. The van der Waals surface area contributed by atoms with Gasteiger partial charge in [-0.2, -0.15) is 0 Å². The van der Waals surface area contributed by atoms with E-state index in [1.807, 2.05) is 0 Å². The van der Waals surface area contributed by atoms with Crippen LogP contribution in [-0.4, -0.2) is 81.5 Å². The van der Waals surface area contributed by atoms with Gasteiger partial charge in [-0.25, -0.2) is 0 Å². The summed E-state index contributed by atoms with van der Waals surface area (Å²) in [5.41, 5.74) is 2.74. The highest BCUT2D eigenvalue weighted by atomic mass is 127. The molecule has 1 aromatic rings. The van der Waals surface area contributed by atoms with Gasteiger partial charge >= 0.3 is 0 Å². The van der Waals surface area contributed by atoms with Crippen LogP contribution >= 0.6 is 24.0 Å². The molecule has 1 N–H and O–H groups in total. The molecular weight excluding hydrogens is 491 g/mol. The molecule has 0 bridgehead atoms. The summed E-state index contributed by atoms with van der Waals surface area (Å²) >= 11 is 0. The third-order valence-corrected chi connectivity index (χ3v) is 5.58. The van der Waals surface area contributed by atoms with E-state index in [1.54, 1.807) is 0 Å². The Kier molecular flexibility index (Phi) is 12.0. The molecule has 7 heteroatoms. The lowest BCUT2D eigenvalue weighted by molar-refractivity contribution is 0.0892. The largest absolute Gasteiger partial charge is 0.381 e. The summed E-state index contributed by atoms with van der Waals surface area (Å²) in [4.78, 5) is 9.77. The lowest BCUT2D eigenvalue weighted by Crippen LogP contribution is -2.52. The van der Waals surface area contributed by atoms with E-state index >= 15 is 0 Å². The molecule has 0 radical (unpaired) electrons. The van der Waals surface area contributed by atoms with Gasteiger partial charge < -0.3 is 19.7 Å². The monoisotopic (exact) mass is 530 g/mol. The van der Waals surface area contributed by atoms with Crippen molar-refractivity contribution >= 4 is 29.9 Å². The highest BCUT2D eigenvalue weighted by Gasteiger charge is 2.19. The average Bonchev–Trinajstić information content (AvgIpc) is 3.24. The van der Waals surface area contributed by atoms with Gasteiger partial charge in [0.1, 0.15) is 0 Å². The first-order valence-electron chi connectivity index (χ1n) is 11.2. The van der Waals surface area contributed by atoms with Crippen molar-refractivity contribution in [3.05, 3.63) is 35.4 Å². The zero-order valence-corrected chi connectivity index (χ0v) is 21.0. The Morgan fingerprint density at radius 2 is 2.10 bits per heavy atom. The highest BCUT2D eigenvalue weighted by Crippen LogP contribution is 2.12. The van der Waals surface area contributed by atoms with E-state index in [-0.39, 0.29) is 24.0 Å². The Balaban J connectivity index is 0.00000320. The molecule has 2 aliphatic heterocycles. The highest BCUT2D eigenvalue weighted by molar-refractivity contribution is 14.0. The summed E-state index contributed by atoms with van der Waals surface area (Å²) in [5, 5.41) is 3.46. The van der Waals surface area contributed by atoms with Crippen LogP contribution in [0, 0.1) is 12.8 Å². The number of nitrogens with one attached hydrogen (secondary N) is 1. The number of ether oxygens (including phenoxy) is 2. The minimum Gasteiger partial charge on any atom is -0.381 e. The molecule has 2 saturated heterocycles. The van der Waals surface area contributed by atoms with E-state index in [1.165, 1.54) is 11.1 Å². The first-order valence-corrected chi connectivity index (χ1v) is 11.2. The predicted molar refractivity (Wildman–Crippen MR) is 134 cm³/mol. The number of nitrogens with zero attached hydrogens (tertiary/aromatic N) is 3. The van der Waals surface area contributed by atoms with Crippen molar-refractivity contribution < 1.29 is 9.47 Å². The maximum Gasteiger partial charge on any atom is 0.194 e. The van der Waals surface area contributed by atoms with Gasteiger partial charge in [0.2, 0.25) is 0 Å². The molecule has 6 nitrogen and oxygen atoms in total. The zero-order chi connectivity index (χ0) is 20.3. The van der Waals surface area contributed by atoms with E-state index in [0.717, 1.165) is 91.0 Å². The summed E-state index contributed by atoms with van der Waals surface area (Å²) in [6.45, 7) is 14.6. The van der Waals surface area contributed by atoms with Crippen LogP contribution in [0.4, 0.5) is 0 Å². The number of piperazine rings is 1. The van der Waals surface area contributed by atoms with Crippen LogP contribution in [0.2, 0.25) is 0 Å². The van der Waals surface area contributed by atoms with Crippen LogP contribution in [-0.2, 0) is 16.0 Å². The number of guanidine groups is 1. The maximum atomic E-state index is 5.79.